The van der Waals surface area contributed by atoms with E-state index in [0.29, 0.717) is 5.56 Å². The van der Waals surface area contributed by atoms with Crippen LogP contribution in [0.3, 0.4) is 0 Å². The highest BCUT2D eigenvalue weighted by Crippen LogP contribution is 2.23. The fourth-order valence-electron chi connectivity index (χ4n) is 2.55. The first-order valence-corrected chi connectivity index (χ1v) is 7.78. The van der Waals surface area contributed by atoms with Crippen molar-refractivity contribution in [3.8, 4) is 16.9 Å². The van der Waals surface area contributed by atoms with Gasteiger partial charge in [0.25, 0.3) is 5.91 Å². The lowest BCUT2D eigenvalue weighted by atomic mass is 10.0. The third kappa shape index (κ3) is 3.63. The van der Waals surface area contributed by atoms with Crippen molar-refractivity contribution in [2.45, 2.75) is 6.92 Å². The van der Waals surface area contributed by atoms with Crippen LogP contribution in [0, 0.1) is 6.92 Å². The van der Waals surface area contributed by atoms with Gasteiger partial charge in [0, 0.05) is 11.3 Å². The maximum atomic E-state index is 12.5. The smallest absolute Gasteiger partial charge is 0.255 e. The van der Waals surface area contributed by atoms with Gasteiger partial charge in [-0.05, 0) is 60.0 Å². The van der Waals surface area contributed by atoms with Crippen LogP contribution in [-0.2, 0) is 0 Å². The average molecular weight is 317 g/mol. The van der Waals surface area contributed by atoms with Gasteiger partial charge >= 0.3 is 0 Å². The molecule has 0 aliphatic carbocycles. The van der Waals surface area contributed by atoms with E-state index in [4.69, 9.17) is 4.74 Å². The number of benzene rings is 3. The number of carbonyl (C=O) groups excluding carboxylic acids is 1. The standard InChI is InChI=1S/C21H19NO2/c1-15-5-3-8-19(13-15)22-21(23)18-7-4-6-17(14-18)16-9-11-20(24-2)12-10-16/h3-14H,1-2H3,(H,22,23). The SMILES string of the molecule is COc1ccc(-c2cccc(C(=O)Nc3cccc(C)c3)c2)cc1. The minimum atomic E-state index is -0.115. The lowest BCUT2D eigenvalue weighted by molar-refractivity contribution is 0.102. The second-order valence-corrected chi connectivity index (χ2v) is 5.63. The van der Waals surface area contributed by atoms with E-state index < -0.39 is 0 Å². The molecule has 3 rings (SSSR count). The summed E-state index contributed by atoms with van der Waals surface area (Å²) in [5.74, 6) is 0.697. The number of carbonyl (C=O) groups is 1. The summed E-state index contributed by atoms with van der Waals surface area (Å²) in [5.41, 5.74) is 4.58. The minimum absolute atomic E-state index is 0.115. The number of methoxy groups -OCH3 is 1. The van der Waals surface area contributed by atoms with E-state index in [0.717, 1.165) is 28.1 Å². The molecule has 0 spiro atoms. The number of hydrogen-bond donors (Lipinski definition) is 1. The van der Waals surface area contributed by atoms with Gasteiger partial charge in [0.2, 0.25) is 0 Å². The van der Waals surface area contributed by atoms with Crippen LogP contribution in [0.2, 0.25) is 0 Å². The lowest BCUT2D eigenvalue weighted by Gasteiger charge is -2.08. The van der Waals surface area contributed by atoms with Crippen molar-refractivity contribution in [3.63, 3.8) is 0 Å². The molecule has 24 heavy (non-hydrogen) atoms. The summed E-state index contributed by atoms with van der Waals surface area (Å²) >= 11 is 0. The van der Waals surface area contributed by atoms with Crippen LogP contribution in [0.4, 0.5) is 5.69 Å². The Bertz CT molecular complexity index is 854. The molecule has 3 heteroatoms. The number of nitrogens with one attached hydrogen (secondary N) is 1. The summed E-state index contributed by atoms with van der Waals surface area (Å²) in [6.45, 7) is 2.00. The summed E-state index contributed by atoms with van der Waals surface area (Å²) < 4.78 is 5.18. The summed E-state index contributed by atoms with van der Waals surface area (Å²) in [7, 11) is 1.64. The third-order valence-corrected chi connectivity index (χ3v) is 3.82. The van der Waals surface area contributed by atoms with E-state index in [1.54, 1.807) is 7.11 Å². The Labute approximate surface area is 141 Å². The fourth-order valence-corrected chi connectivity index (χ4v) is 2.55. The van der Waals surface area contributed by atoms with Crippen molar-refractivity contribution in [1.82, 2.24) is 0 Å². The highest BCUT2D eigenvalue weighted by atomic mass is 16.5. The summed E-state index contributed by atoms with van der Waals surface area (Å²) in [5, 5.41) is 2.94. The van der Waals surface area contributed by atoms with Gasteiger partial charge in [0.1, 0.15) is 5.75 Å². The van der Waals surface area contributed by atoms with E-state index in [1.807, 2.05) is 79.7 Å². The van der Waals surface area contributed by atoms with Crippen LogP contribution >= 0.6 is 0 Å². The van der Waals surface area contributed by atoms with Crippen LogP contribution in [0.5, 0.6) is 5.75 Å². The van der Waals surface area contributed by atoms with Crippen LogP contribution in [-0.4, -0.2) is 13.0 Å². The maximum absolute atomic E-state index is 12.5. The molecule has 3 aromatic rings. The number of rotatable bonds is 4. The Morgan fingerprint density at radius 1 is 0.875 bits per heavy atom. The van der Waals surface area contributed by atoms with Crippen LogP contribution < -0.4 is 10.1 Å². The molecule has 1 amide bonds. The molecule has 0 aromatic heterocycles. The molecule has 0 aliphatic heterocycles. The molecule has 0 aliphatic rings. The van der Waals surface area contributed by atoms with Gasteiger partial charge in [-0.1, -0.05) is 36.4 Å². The fraction of sp³-hybridized carbons (Fsp3) is 0.0952. The van der Waals surface area contributed by atoms with Crippen molar-refractivity contribution in [2.75, 3.05) is 12.4 Å². The molecule has 1 N–H and O–H groups in total. The van der Waals surface area contributed by atoms with E-state index in [9.17, 15) is 4.79 Å². The van der Waals surface area contributed by atoms with E-state index in [2.05, 4.69) is 5.32 Å². The second kappa shape index (κ2) is 7.01. The number of aryl methyl sites for hydroxylation is 1. The number of amides is 1. The number of hydrogen-bond acceptors (Lipinski definition) is 2. The van der Waals surface area contributed by atoms with Gasteiger partial charge in [0.15, 0.2) is 0 Å². The number of ether oxygens (including phenoxy) is 1. The molecule has 0 saturated heterocycles. The normalized spacial score (nSPS) is 10.2. The van der Waals surface area contributed by atoms with Crippen LogP contribution in [0.1, 0.15) is 15.9 Å². The van der Waals surface area contributed by atoms with Crippen molar-refractivity contribution < 1.29 is 9.53 Å². The van der Waals surface area contributed by atoms with Crippen LogP contribution in [0.15, 0.2) is 72.8 Å². The molecule has 0 heterocycles. The van der Waals surface area contributed by atoms with Gasteiger partial charge < -0.3 is 10.1 Å². The lowest BCUT2D eigenvalue weighted by Crippen LogP contribution is -2.11. The van der Waals surface area contributed by atoms with Crippen LogP contribution in [0.25, 0.3) is 11.1 Å². The van der Waals surface area contributed by atoms with Gasteiger partial charge in [-0.2, -0.15) is 0 Å². The zero-order valence-electron chi connectivity index (χ0n) is 13.7. The van der Waals surface area contributed by atoms with Gasteiger partial charge in [-0.15, -0.1) is 0 Å². The first kappa shape index (κ1) is 15.8. The Morgan fingerprint density at radius 2 is 1.62 bits per heavy atom. The van der Waals surface area contributed by atoms with Gasteiger partial charge in [0.05, 0.1) is 7.11 Å². The maximum Gasteiger partial charge on any atom is 0.255 e. The highest BCUT2D eigenvalue weighted by molar-refractivity contribution is 6.05. The Hall–Kier alpha value is -3.07. The van der Waals surface area contributed by atoms with E-state index in [-0.39, 0.29) is 5.91 Å². The van der Waals surface area contributed by atoms with Crippen molar-refractivity contribution in [1.29, 1.82) is 0 Å². The molecule has 0 bridgehead atoms. The Balaban J connectivity index is 1.82. The first-order chi connectivity index (χ1) is 11.7. The predicted octanol–water partition coefficient (Wildman–Crippen LogP) is 4.92. The molecular formula is C21H19NO2. The summed E-state index contributed by atoms with van der Waals surface area (Å²) in [6.07, 6.45) is 0. The molecule has 0 fully saturated rings. The third-order valence-electron chi connectivity index (χ3n) is 3.82. The molecule has 120 valence electrons. The molecule has 0 atom stereocenters. The van der Waals surface area contributed by atoms with Gasteiger partial charge in [-0.3, -0.25) is 4.79 Å². The first-order valence-electron chi connectivity index (χ1n) is 7.78. The molecule has 3 nitrogen and oxygen atoms in total. The topological polar surface area (TPSA) is 38.3 Å². The molecule has 3 aromatic carbocycles. The van der Waals surface area contributed by atoms with E-state index in [1.165, 1.54) is 0 Å². The highest BCUT2D eigenvalue weighted by Gasteiger charge is 2.08. The largest absolute Gasteiger partial charge is 0.497 e. The zero-order valence-corrected chi connectivity index (χ0v) is 13.7. The second-order valence-electron chi connectivity index (χ2n) is 5.63. The Morgan fingerprint density at radius 3 is 2.33 bits per heavy atom. The van der Waals surface area contributed by atoms with Crippen molar-refractivity contribution in [3.05, 3.63) is 83.9 Å². The number of anilines is 1. The molecule has 0 radical (unpaired) electrons. The average Bonchev–Trinajstić information content (AvgIpc) is 2.62. The van der Waals surface area contributed by atoms with Crippen molar-refractivity contribution >= 4 is 11.6 Å². The van der Waals surface area contributed by atoms with Crippen molar-refractivity contribution in [2.24, 2.45) is 0 Å². The predicted molar refractivity (Wildman–Crippen MR) is 97.6 cm³/mol. The molecular weight excluding hydrogens is 298 g/mol. The summed E-state index contributed by atoms with van der Waals surface area (Å²) in [4.78, 5) is 12.5. The monoisotopic (exact) mass is 317 g/mol. The molecule has 0 unspecified atom stereocenters. The quantitative estimate of drug-likeness (QED) is 0.741. The molecule has 0 saturated carbocycles. The zero-order chi connectivity index (χ0) is 16.9. The van der Waals surface area contributed by atoms with E-state index >= 15 is 0 Å². The van der Waals surface area contributed by atoms with Gasteiger partial charge in [-0.25, -0.2) is 0 Å². The Kier molecular flexibility index (Phi) is 4.62. The minimum Gasteiger partial charge on any atom is -0.497 e. The summed E-state index contributed by atoms with van der Waals surface area (Å²) in [6, 6.07) is 23.2.